The van der Waals surface area contributed by atoms with Gasteiger partial charge in [-0.05, 0) is 26.2 Å². The lowest BCUT2D eigenvalue weighted by Crippen LogP contribution is -2.41. The molecule has 3 atom stereocenters. The van der Waals surface area contributed by atoms with Crippen LogP contribution in [0.1, 0.15) is 36.0 Å². The van der Waals surface area contributed by atoms with Crippen LogP contribution in [-0.4, -0.2) is 40.9 Å². The zero-order chi connectivity index (χ0) is 12.5. The van der Waals surface area contributed by atoms with E-state index < -0.39 is 0 Å². The van der Waals surface area contributed by atoms with Crippen molar-refractivity contribution < 1.29 is 9.53 Å². The van der Waals surface area contributed by atoms with Gasteiger partial charge < -0.3 is 15.4 Å². The highest BCUT2D eigenvalue weighted by Crippen LogP contribution is 2.34. The maximum atomic E-state index is 12.0. The molecule has 0 aliphatic carbocycles. The van der Waals surface area contributed by atoms with Gasteiger partial charge in [0, 0.05) is 6.54 Å². The fourth-order valence-electron chi connectivity index (χ4n) is 2.56. The summed E-state index contributed by atoms with van der Waals surface area (Å²) in [4.78, 5) is 12.0. The second-order valence-corrected chi connectivity index (χ2v) is 5.61. The predicted octanol–water partition coefficient (Wildman–Crippen LogP) is 1.02. The standard InChI is InChI=1S/C11H16N4O2S/c1-2-12-11-15-14-10(18-11)9(16)13-7-5-6-3-4-8(7)17-6/h6-8H,2-5H2,1H3,(H,12,15)(H,13,16). The van der Waals surface area contributed by atoms with Crippen molar-refractivity contribution in [3.8, 4) is 0 Å². The van der Waals surface area contributed by atoms with Gasteiger partial charge in [-0.25, -0.2) is 0 Å². The van der Waals surface area contributed by atoms with Crippen LogP contribution in [0.3, 0.4) is 0 Å². The van der Waals surface area contributed by atoms with Crippen molar-refractivity contribution in [1.29, 1.82) is 0 Å². The quantitative estimate of drug-likeness (QED) is 0.852. The molecule has 2 aliphatic heterocycles. The van der Waals surface area contributed by atoms with Gasteiger partial charge in [0.15, 0.2) is 0 Å². The molecular weight excluding hydrogens is 252 g/mol. The molecule has 98 valence electrons. The molecule has 18 heavy (non-hydrogen) atoms. The normalized spacial score (nSPS) is 29.5. The van der Waals surface area contributed by atoms with Gasteiger partial charge in [0.1, 0.15) is 0 Å². The molecule has 3 unspecified atom stereocenters. The maximum absolute atomic E-state index is 12.0. The fourth-order valence-corrected chi connectivity index (χ4v) is 3.27. The topological polar surface area (TPSA) is 76.1 Å². The third kappa shape index (κ3) is 2.20. The number of amides is 1. The number of nitrogens with zero attached hydrogens (tertiary/aromatic N) is 2. The van der Waals surface area contributed by atoms with Crippen LogP contribution in [0.15, 0.2) is 0 Å². The number of rotatable bonds is 4. The van der Waals surface area contributed by atoms with Gasteiger partial charge >= 0.3 is 0 Å². The Labute approximate surface area is 109 Å². The molecule has 0 radical (unpaired) electrons. The van der Waals surface area contributed by atoms with Gasteiger partial charge in [0.25, 0.3) is 5.91 Å². The second kappa shape index (κ2) is 4.81. The summed E-state index contributed by atoms with van der Waals surface area (Å²) in [6.07, 6.45) is 3.64. The van der Waals surface area contributed by atoms with Crippen molar-refractivity contribution in [2.24, 2.45) is 0 Å². The Balaban J connectivity index is 1.60. The van der Waals surface area contributed by atoms with Crippen LogP contribution in [0.25, 0.3) is 0 Å². The molecule has 0 spiro atoms. The van der Waals surface area contributed by atoms with E-state index in [-0.39, 0.29) is 18.1 Å². The predicted molar refractivity (Wildman–Crippen MR) is 67.8 cm³/mol. The highest BCUT2D eigenvalue weighted by atomic mass is 32.1. The van der Waals surface area contributed by atoms with Crippen molar-refractivity contribution in [1.82, 2.24) is 15.5 Å². The van der Waals surface area contributed by atoms with Gasteiger partial charge in [-0.3, -0.25) is 4.79 Å². The number of hydrogen-bond acceptors (Lipinski definition) is 6. The lowest BCUT2D eigenvalue weighted by atomic mass is 9.95. The minimum atomic E-state index is -0.141. The van der Waals surface area contributed by atoms with Crippen molar-refractivity contribution in [3.63, 3.8) is 0 Å². The molecule has 6 nitrogen and oxygen atoms in total. The van der Waals surface area contributed by atoms with Gasteiger partial charge in [0.2, 0.25) is 10.1 Å². The first-order valence-electron chi connectivity index (χ1n) is 6.30. The summed E-state index contributed by atoms with van der Waals surface area (Å²) in [5.74, 6) is -0.141. The number of nitrogens with one attached hydrogen (secondary N) is 2. The number of ether oxygens (including phenoxy) is 1. The third-order valence-corrected chi connectivity index (χ3v) is 4.25. The van der Waals surface area contributed by atoms with E-state index in [1.165, 1.54) is 11.3 Å². The first-order chi connectivity index (χ1) is 8.76. The van der Waals surface area contributed by atoms with Crippen LogP contribution in [0, 0.1) is 0 Å². The van der Waals surface area contributed by atoms with E-state index in [1.54, 1.807) is 0 Å². The van der Waals surface area contributed by atoms with Crippen LogP contribution in [0.5, 0.6) is 0 Å². The highest BCUT2D eigenvalue weighted by Gasteiger charge is 2.41. The average molecular weight is 268 g/mol. The molecule has 2 saturated heterocycles. The summed E-state index contributed by atoms with van der Waals surface area (Å²) < 4.78 is 5.71. The van der Waals surface area contributed by atoms with E-state index in [4.69, 9.17) is 4.74 Å². The zero-order valence-electron chi connectivity index (χ0n) is 10.2. The lowest BCUT2D eigenvalue weighted by molar-refractivity contribution is 0.0840. The second-order valence-electron chi connectivity index (χ2n) is 4.63. The summed E-state index contributed by atoms with van der Waals surface area (Å²) in [7, 11) is 0. The van der Waals surface area contributed by atoms with E-state index in [0.717, 1.165) is 25.8 Å². The zero-order valence-corrected chi connectivity index (χ0v) is 11.0. The Bertz CT molecular complexity index is 450. The molecule has 1 aromatic heterocycles. The van der Waals surface area contributed by atoms with Crippen LogP contribution in [0.2, 0.25) is 0 Å². The molecular formula is C11H16N4O2S. The lowest BCUT2D eigenvalue weighted by Gasteiger charge is -2.18. The summed E-state index contributed by atoms with van der Waals surface area (Å²) in [6.45, 7) is 2.75. The molecule has 3 rings (SSSR count). The number of fused-ring (bicyclic) bond motifs is 2. The van der Waals surface area contributed by atoms with Crippen molar-refractivity contribution in [2.45, 2.75) is 44.4 Å². The molecule has 1 aromatic rings. The Kier molecular flexibility index (Phi) is 3.17. The molecule has 0 saturated carbocycles. The van der Waals surface area contributed by atoms with E-state index in [0.29, 0.717) is 16.2 Å². The summed E-state index contributed by atoms with van der Waals surface area (Å²) in [6, 6.07) is 0.141. The van der Waals surface area contributed by atoms with E-state index in [9.17, 15) is 4.79 Å². The highest BCUT2D eigenvalue weighted by molar-refractivity contribution is 7.17. The Hall–Kier alpha value is -1.21. The monoisotopic (exact) mass is 268 g/mol. The first kappa shape index (κ1) is 11.9. The van der Waals surface area contributed by atoms with Gasteiger partial charge in [-0.2, -0.15) is 0 Å². The summed E-state index contributed by atoms with van der Waals surface area (Å²) >= 11 is 1.28. The van der Waals surface area contributed by atoms with Crippen LogP contribution < -0.4 is 10.6 Å². The van der Waals surface area contributed by atoms with E-state index in [1.807, 2.05) is 6.92 Å². The van der Waals surface area contributed by atoms with Crippen LogP contribution in [-0.2, 0) is 4.74 Å². The third-order valence-electron chi connectivity index (χ3n) is 3.37. The van der Waals surface area contributed by atoms with Crippen molar-refractivity contribution in [3.05, 3.63) is 5.01 Å². The average Bonchev–Trinajstić information content (AvgIpc) is 3.04. The number of carbonyl (C=O) groups is 1. The molecule has 1 amide bonds. The first-order valence-corrected chi connectivity index (χ1v) is 7.11. The Morgan fingerprint density at radius 1 is 1.50 bits per heavy atom. The minimum absolute atomic E-state index is 0.141. The molecule has 3 heterocycles. The molecule has 2 N–H and O–H groups in total. The smallest absolute Gasteiger partial charge is 0.282 e. The van der Waals surface area contributed by atoms with Crippen molar-refractivity contribution in [2.75, 3.05) is 11.9 Å². The SMILES string of the molecule is CCNc1nnc(C(=O)NC2CC3CCC2O3)s1. The molecule has 2 fully saturated rings. The molecule has 7 heteroatoms. The molecule has 2 bridgehead atoms. The van der Waals surface area contributed by atoms with Crippen molar-refractivity contribution >= 4 is 22.4 Å². The number of anilines is 1. The Morgan fingerprint density at radius 2 is 2.39 bits per heavy atom. The minimum Gasteiger partial charge on any atom is -0.373 e. The van der Waals surface area contributed by atoms with E-state index in [2.05, 4.69) is 20.8 Å². The summed E-state index contributed by atoms with van der Waals surface area (Å²) in [5, 5.41) is 14.9. The number of carbonyl (C=O) groups excluding carboxylic acids is 1. The van der Waals surface area contributed by atoms with Gasteiger partial charge in [-0.15, -0.1) is 10.2 Å². The maximum Gasteiger partial charge on any atom is 0.282 e. The van der Waals surface area contributed by atoms with Crippen LogP contribution in [0.4, 0.5) is 5.13 Å². The summed E-state index contributed by atoms with van der Waals surface area (Å²) in [5.41, 5.74) is 0. The molecule has 0 aromatic carbocycles. The number of aromatic nitrogens is 2. The van der Waals surface area contributed by atoms with E-state index >= 15 is 0 Å². The van der Waals surface area contributed by atoms with Gasteiger partial charge in [0.05, 0.1) is 18.2 Å². The van der Waals surface area contributed by atoms with Gasteiger partial charge in [-0.1, -0.05) is 11.3 Å². The number of hydrogen-bond donors (Lipinski definition) is 2. The molecule has 2 aliphatic rings. The largest absolute Gasteiger partial charge is 0.373 e. The Morgan fingerprint density at radius 3 is 3.06 bits per heavy atom. The van der Waals surface area contributed by atoms with Crippen LogP contribution >= 0.6 is 11.3 Å². The fraction of sp³-hybridized carbons (Fsp3) is 0.727.